The molecule has 0 aliphatic carbocycles. The highest BCUT2D eigenvalue weighted by molar-refractivity contribution is 7.99. The topological polar surface area (TPSA) is 115 Å². The Kier molecular flexibility index (Phi) is 7.36. The van der Waals surface area contributed by atoms with Crippen LogP contribution >= 0.6 is 11.8 Å². The minimum Gasteiger partial charge on any atom is -0.378 e. The molecule has 0 fully saturated rings. The molecule has 2 N–H and O–H groups in total. The summed E-state index contributed by atoms with van der Waals surface area (Å²) in [5.41, 5.74) is 3.09. The number of carbonyl (C=O) groups excluding carboxylic acids is 1. The second kappa shape index (κ2) is 10.8. The van der Waals surface area contributed by atoms with Crippen LogP contribution in [0.3, 0.4) is 0 Å². The lowest BCUT2D eigenvalue weighted by molar-refractivity contribution is -0.384. The van der Waals surface area contributed by atoms with E-state index in [1.165, 1.54) is 48.2 Å². The summed E-state index contributed by atoms with van der Waals surface area (Å²) in [6.07, 6.45) is 0. The van der Waals surface area contributed by atoms with Gasteiger partial charge < -0.3 is 10.6 Å². The van der Waals surface area contributed by atoms with Crippen LogP contribution in [0.2, 0.25) is 0 Å². The second-order valence-corrected chi connectivity index (χ2v) is 8.51. The van der Waals surface area contributed by atoms with Crippen LogP contribution in [0.4, 0.5) is 21.5 Å². The molecule has 35 heavy (non-hydrogen) atoms. The molecule has 4 aromatic rings. The van der Waals surface area contributed by atoms with E-state index < -0.39 is 4.92 Å². The average molecular weight is 493 g/mol. The minimum atomic E-state index is -0.498. The summed E-state index contributed by atoms with van der Waals surface area (Å²) in [5.74, 6) is 0.0839. The van der Waals surface area contributed by atoms with E-state index in [0.29, 0.717) is 23.2 Å². The first-order valence-corrected chi connectivity index (χ1v) is 11.6. The molecule has 178 valence electrons. The Labute approximate surface area is 204 Å². The molecule has 11 heteroatoms. The molecule has 3 aromatic carbocycles. The molecule has 1 aromatic heterocycles. The third kappa shape index (κ3) is 6.21. The van der Waals surface area contributed by atoms with Crippen LogP contribution in [-0.2, 0) is 11.3 Å². The van der Waals surface area contributed by atoms with Gasteiger partial charge in [0.1, 0.15) is 5.82 Å². The van der Waals surface area contributed by atoms with Crippen molar-refractivity contribution in [2.24, 2.45) is 0 Å². The third-order valence-electron chi connectivity index (χ3n) is 4.98. The summed E-state index contributed by atoms with van der Waals surface area (Å²) in [4.78, 5) is 22.8. The van der Waals surface area contributed by atoms with E-state index in [4.69, 9.17) is 0 Å². The SMILES string of the molecule is Cc1ccc(-n2c(CNc3ccc(F)cc3)nnc2SCC(=O)Nc2ccc([N+](=O)[O-])cc2)cc1. The van der Waals surface area contributed by atoms with Crippen LogP contribution in [0, 0.1) is 22.9 Å². The molecule has 0 bridgehead atoms. The summed E-state index contributed by atoms with van der Waals surface area (Å²) in [7, 11) is 0. The Bertz CT molecular complexity index is 1330. The maximum absolute atomic E-state index is 13.2. The normalized spacial score (nSPS) is 10.7. The third-order valence-corrected chi connectivity index (χ3v) is 5.91. The fraction of sp³-hybridized carbons (Fsp3) is 0.125. The van der Waals surface area contributed by atoms with Crippen LogP contribution in [0.1, 0.15) is 11.4 Å². The Hall–Kier alpha value is -4.25. The lowest BCUT2D eigenvalue weighted by Crippen LogP contribution is -2.15. The number of nitrogens with zero attached hydrogens (tertiary/aromatic N) is 4. The summed E-state index contributed by atoms with van der Waals surface area (Å²) < 4.78 is 15.1. The number of benzene rings is 3. The molecular weight excluding hydrogens is 471 g/mol. The van der Waals surface area contributed by atoms with E-state index in [9.17, 15) is 19.3 Å². The number of non-ortho nitro benzene ring substituents is 1. The average Bonchev–Trinajstić information content (AvgIpc) is 3.26. The number of amides is 1. The molecule has 0 saturated carbocycles. The molecule has 0 atom stereocenters. The second-order valence-electron chi connectivity index (χ2n) is 7.57. The standard InChI is InChI=1S/C24H21FN6O3S/c1-16-2-10-20(11-3-16)30-22(14-26-18-6-4-17(25)5-7-18)28-29-24(30)35-15-23(32)27-19-8-12-21(13-9-19)31(33)34/h2-13,26H,14-15H2,1H3,(H,27,32). The van der Waals surface area contributed by atoms with Gasteiger partial charge >= 0.3 is 0 Å². The van der Waals surface area contributed by atoms with Gasteiger partial charge in [-0.3, -0.25) is 19.5 Å². The molecule has 0 unspecified atom stereocenters. The van der Waals surface area contributed by atoms with Crippen LogP contribution in [0.25, 0.3) is 5.69 Å². The van der Waals surface area contributed by atoms with Gasteiger partial charge in [-0.05, 0) is 55.5 Å². The first kappa shape index (κ1) is 23.9. The van der Waals surface area contributed by atoms with Crippen molar-refractivity contribution in [3.63, 3.8) is 0 Å². The molecule has 1 heterocycles. The van der Waals surface area contributed by atoms with Crippen molar-refractivity contribution in [2.75, 3.05) is 16.4 Å². The van der Waals surface area contributed by atoms with E-state index in [2.05, 4.69) is 20.8 Å². The summed E-state index contributed by atoms with van der Waals surface area (Å²) in [6, 6.07) is 19.5. The van der Waals surface area contributed by atoms with Crippen molar-refractivity contribution >= 4 is 34.7 Å². The number of anilines is 2. The highest BCUT2D eigenvalue weighted by atomic mass is 32.2. The van der Waals surface area contributed by atoms with Crippen LogP contribution in [0.5, 0.6) is 0 Å². The van der Waals surface area contributed by atoms with E-state index >= 15 is 0 Å². The van der Waals surface area contributed by atoms with Gasteiger partial charge in [-0.15, -0.1) is 10.2 Å². The Balaban J connectivity index is 1.48. The van der Waals surface area contributed by atoms with Crippen molar-refractivity contribution in [3.05, 3.63) is 100 Å². The number of nitro groups is 1. The number of nitrogens with one attached hydrogen (secondary N) is 2. The lowest BCUT2D eigenvalue weighted by Gasteiger charge is -2.12. The molecule has 1 amide bonds. The Morgan fingerprint density at radius 1 is 1.00 bits per heavy atom. The number of thioether (sulfide) groups is 1. The molecule has 0 saturated heterocycles. The highest BCUT2D eigenvalue weighted by Crippen LogP contribution is 2.24. The summed E-state index contributed by atoms with van der Waals surface area (Å²) >= 11 is 1.22. The van der Waals surface area contributed by atoms with Crippen molar-refractivity contribution in [3.8, 4) is 5.69 Å². The fourth-order valence-electron chi connectivity index (χ4n) is 3.20. The summed E-state index contributed by atoms with van der Waals surface area (Å²) in [6.45, 7) is 2.33. The van der Waals surface area contributed by atoms with E-state index in [-0.39, 0.29) is 23.2 Å². The molecule has 4 rings (SSSR count). The lowest BCUT2D eigenvalue weighted by atomic mass is 10.2. The number of carbonyl (C=O) groups is 1. The van der Waals surface area contributed by atoms with Gasteiger partial charge in [0.2, 0.25) is 5.91 Å². The van der Waals surface area contributed by atoms with Gasteiger partial charge in [0.25, 0.3) is 5.69 Å². The van der Waals surface area contributed by atoms with Crippen molar-refractivity contribution in [1.29, 1.82) is 0 Å². The number of rotatable bonds is 9. The molecule has 9 nitrogen and oxygen atoms in total. The molecule has 0 radical (unpaired) electrons. The van der Waals surface area contributed by atoms with Crippen LogP contribution < -0.4 is 10.6 Å². The fourth-order valence-corrected chi connectivity index (χ4v) is 3.97. The predicted octanol–water partition coefficient (Wildman–Crippen LogP) is 4.97. The number of hydrogen-bond acceptors (Lipinski definition) is 7. The maximum Gasteiger partial charge on any atom is 0.269 e. The number of nitro benzene ring substituents is 1. The van der Waals surface area contributed by atoms with Gasteiger partial charge in [-0.25, -0.2) is 4.39 Å². The van der Waals surface area contributed by atoms with Gasteiger partial charge in [-0.1, -0.05) is 29.5 Å². The van der Waals surface area contributed by atoms with Gasteiger partial charge in [0, 0.05) is 29.2 Å². The van der Waals surface area contributed by atoms with Crippen molar-refractivity contribution in [2.45, 2.75) is 18.6 Å². The summed E-state index contributed by atoms with van der Waals surface area (Å²) in [5, 5.41) is 25.8. The zero-order chi connectivity index (χ0) is 24.8. The number of aromatic nitrogens is 3. The van der Waals surface area contributed by atoms with E-state index in [1.807, 2.05) is 35.8 Å². The largest absolute Gasteiger partial charge is 0.378 e. The minimum absolute atomic E-state index is 0.0506. The van der Waals surface area contributed by atoms with E-state index in [1.54, 1.807) is 12.1 Å². The van der Waals surface area contributed by atoms with Crippen LogP contribution in [-0.4, -0.2) is 31.3 Å². The first-order valence-electron chi connectivity index (χ1n) is 10.6. The predicted molar refractivity (Wildman–Crippen MR) is 132 cm³/mol. The number of aryl methyl sites for hydroxylation is 1. The van der Waals surface area contributed by atoms with Gasteiger partial charge in [-0.2, -0.15) is 0 Å². The zero-order valence-electron chi connectivity index (χ0n) is 18.6. The Morgan fingerprint density at radius 3 is 2.31 bits per heavy atom. The number of hydrogen-bond donors (Lipinski definition) is 2. The number of halogens is 1. The quantitative estimate of drug-likeness (QED) is 0.193. The smallest absolute Gasteiger partial charge is 0.269 e. The monoisotopic (exact) mass is 492 g/mol. The first-order chi connectivity index (χ1) is 16.9. The molecular formula is C24H21FN6O3S. The molecule has 0 spiro atoms. The van der Waals surface area contributed by atoms with Crippen molar-refractivity contribution < 1.29 is 14.1 Å². The van der Waals surface area contributed by atoms with Crippen molar-refractivity contribution in [1.82, 2.24) is 14.8 Å². The van der Waals surface area contributed by atoms with Gasteiger partial charge in [0.05, 0.1) is 17.2 Å². The zero-order valence-corrected chi connectivity index (χ0v) is 19.5. The highest BCUT2D eigenvalue weighted by Gasteiger charge is 2.16. The molecule has 0 aliphatic heterocycles. The van der Waals surface area contributed by atoms with Crippen LogP contribution in [0.15, 0.2) is 78.0 Å². The Morgan fingerprint density at radius 2 is 1.66 bits per heavy atom. The van der Waals surface area contributed by atoms with Gasteiger partial charge in [0.15, 0.2) is 11.0 Å². The molecule has 0 aliphatic rings. The maximum atomic E-state index is 13.2. The van der Waals surface area contributed by atoms with E-state index in [0.717, 1.165) is 16.9 Å².